The monoisotopic (exact) mass is 447 g/mol. The Bertz CT molecular complexity index is 813. The van der Waals surface area contributed by atoms with Gasteiger partial charge in [0.15, 0.2) is 0 Å². The molecule has 0 radical (unpaired) electrons. The van der Waals surface area contributed by atoms with E-state index in [1.165, 1.54) is 0 Å². The van der Waals surface area contributed by atoms with E-state index in [1.807, 2.05) is 12.1 Å². The lowest BCUT2D eigenvalue weighted by Gasteiger charge is -2.25. The van der Waals surface area contributed by atoms with E-state index in [4.69, 9.17) is 27.9 Å². The van der Waals surface area contributed by atoms with Gasteiger partial charge in [-0.25, -0.2) is 4.79 Å². The molecule has 1 aromatic heterocycles. The summed E-state index contributed by atoms with van der Waals surface area (Å²) < 4.78 is 7.65. The molecule has 1 fully saturated rings. The normalized spacial score (nSPS) is 19.7. The van der Waals surface area contributed by atoms with E-state index in [0.717, 1.165) is 31.5 Å². The van der Waals surface area contributed by atoms with Crippen molar-refractivity contribution in [2.45, 2.75) is 32.4 Å². The predicted octanol–water partition coefficient (Wildman–Crippen LogP) is 4.38. The highest BCUT2D eigenvalue weighted by molar-refractivity contribution is 6.42. The Morgan fingerprint density at radius 2 is 2.14 bits per heavy atom. The van der Waals surface area contributed by atoms with Crippen molar-refractivity contribution in [2.75, 3.05) is 19.7 Å². The van der Waals surface area contributed by atoms with Crippen LogP contribution in [0.15, 0.2) is 24.3 Å². The summed E-state index contributed by atoms with van der Waals surface area (Å²) in [7, 11) is 0. The Hall–Kier alpha value is -1.31. The van der Waals surface area contributed by atoms with Crippen LogP contribution in [0.5, 0.6) is 0 Å². The van der Waals surface area contributed by atoms with Crippen molar-refractivity contribution in [3.63, 3.8) is 0 Å². The highest BCUT2D eigenvalue weighted by atomic mass is 35.5. The minimum Gasteiger partial charge on any atom is -0.477 e. The van der Waals surface area contributed by atoms with Gasteiger partial charge in [-0.2, -0.15) is 5.10 Å². The highest BCUT2D eigenvalue weighted by Gasteiger charge is 2.26. The van der Waals surface area contributed by atoms with E-state index in [-0.39, 0.29) is 30.1 Å². The molecular weight excluding hydrogens is 425 g/mol. The fourth-order valence-corrected chi connectivity index (χ4v) is 3.80. The third-order valence-electron chi connectivity index (χ3n) is 4.75. The van der Waals surface area contributed by atoms with Crippen molar-refractivity contribution in [3.05, 3.63) is 51.3 Å². The third-order valence-corrected chi connectivity index (χ3v) is 5.49. The lowest BCUT2D eigenvalue weighted by atomic mass is 9.91. The molecule has 3 rings (SSSR count). The molecule has 2 N–H and O–H groups in total. The minimum absolute atomic E-state index is 0. The standard InChI is InChI=1S/C19H23Cl2N3O3.ClH/c1-12-9-17(19(25)26)24(23-12)7-2-3-14-11-22-6-8-27-18(14)13-4-5-15(20)16(21)10-13;/h4-5,9-10,14,18,22H,2-3,6-8,11H2,1H3,(H,25,26);1H/t14-,18+;/m1./s1. The second-order valence-corrected chi connectivity index (χ2v) is 7.59. The molecule has 0 unspecified atom stereocenters. The van der Waals surface area contributed by atoms with Gasteiger partial charge in [0.2, 0.25) is 0 Å². The Balaban J connectivity index is 0.00000280. The smallest absolute Gasteiger partial charge is 0.354 e. The van der Waals surface area contributed by atoms with Crippen molar-refractivity contribution in [2.24, 2.45) is 5.92 Å². The fraction of sp³-hybridized carbons (Fsp3) is 0.474. The van der Waals surface area contributed by atoms with Crippen molar-refractivity contribution < 1.29 is 14.6 Å². The Morgan fingerprint density at radius 1 is 1.36 bits per heavy atom. The fourth-order valence-electron chi connectivity index (χ4n) is 3.49. The summed E-state index contributed by atoms with van der Waals surface area (Å²) in [6.07, 6.45) is 1.60. The number of halogens is 3. The van der Waals surface area contributed by atoms with E-state index in [2.05, 4.69) is 10.4 Å². The second kappa shape index (κ2) is 10.5. The topological polar surface area (TPSA) is 76.4 Å². The number of benzene rings is 1. The average Bonchev–Trinajstić information content (AvgIpc) is 2.85. The Labute approximate surface area is 180 Å². The molecule has 0 saturated carbocycles. The Morgan fingerprint density at radius 3 is 2.86 bits per heavy atom. The number of carboxylic acid groups (broad SMARTS) is 1. The molecular formula is C19H24Cl3N3O3. The molecule has 0 aliphatic carbocycles. The van der Waals surface area contributed by atoms with Gasteiger partial charge >= 0.3 is 5.97 Å². The Kier molecular flexibility index (Phi) is 8.58. The van der Waals surface area contributed by atoms with Crippen molar-refractivity contribution in [1.29, 1.82) is 0 Å². The van der Waals surface area contributed by atoms with Gasteiger partial charge in [-0.3, -0.25) is 4.68 Å². The van der Waals surface area contributed by atoms with E-state index in [0.29, 0.717) is 28.9 Å². The van der Waals surface area contributed by atoms with Gasteiger partial charge in [0.1, 0.15) is 5.69 Å². The second-order valence-electron chi connectivity index (χ2n) is 6.77. The average molecular weight is 449 g/mol. The number of aryl methyl sites for hydroxylation is 2. The van der Waals surface area contributed by atoms with Crippen LogP contribution in [0.25, 0.3) is 0 Å². The summed E-state index contributed by atoms with van der Waals surface area (Å²) in [4.78, 5) is 11.3. The maximum atomic E-state index is 11.3. The van der Waals surface area contributed by atoms with Gasteiger partial charge in [0.25, 0.3) is 0 Å². The molecule has 1 aromatic carbocycles. The molecule has 2 atom stereocenters. The van der Waals surface area contributed by atoms with Crippen LogP contribution in [0.4, 0.5) is 0 Å². The molecule has 154 valence electrons. The van der Waals surface area contributed by atoms with E-state index in [1.54, 1.807) is 23.7 Å². The third kappa shape index (κ3) is 5.61. The summed E-state index contributed by atoms with van der Waals surface area (Å²) in [6.45, 7) is 4.61. The summed E-state index contributed by atoms with van der Waals surface area (Å²) >= 11 is 12.2. The summed E-state index contributed by atoms with van der Waals surface area (Å²) in [5, 5.41) is 18.0. The lowest BCUT2D eigenvalue weighted by Crippen LogP contribution is -2.25. The maximum Gasteiger partial charge on any atom is 0.354 e. The minimum atomic E-state index is -0.955. The van der Waals surface area contributed by atoms with E-state index < -0.39 is 5.97 Å². The molecule has 1 aliphatic heterocycles. The van der Waals surface area contributed by atoms with Gasteiger partial charge < -0.3 is 15.2 Å². The molecule has 1 aliphatic rings. The van der Waals surface area contributed by atoms with Gasteiger partial charge in [0, 0.05) is 25.6 Å². The molecule has 9 heteroatoms. The number of nitrogens with zero attached hydrogens (tertiary/aromatic N) is 2. The zero-order chi connectivity index (χ0) is 19.4. The first-order valence-electron chi connectivity index (χ1n) is 9.00. The summed E-state index contributed by atoms with van der Waals surface area (Å²) in [6, 6.07) is 7.21. The number of carboxylic acids is 1. The predicted molar refractivity (Wildman–Crippen MR) is 112 cm³/mol. The molecule has 1 saturated heterocycles. The summed E-state index contributed by atoms with van der Waals surface area (Å²) in [5.74, 6) is -0.710. The van der Waals surface area contributed by atoms with Gasteiger partial charge in [-0.05, 0) is 43.5 Å². The van der Waals surface area contributed by atoms with Gasteiger partial charge in [-0.15, -0.1) is 12.4 Å². The number of ether oxygens (including phenoxy) is 1. The molecule has 0 amide bonds. The zero-order valence-electron chi connectivity index (χ0n) is 15.5. The molecule has 6 nitrogen and oxygen atoms in total. The van der Waals surface area contributed by atoms with Gasteiger partial charge in [-0.1, -0.05) is 29.3 Å². The molecule has 28 heavy (non-hydrogen) atoms. The van der Waals surface area contributed by atoms with Crippen molar-refractivity contribution >= 4 is 41.6 Å². The number of nitrogens with one attached hydrogen (secondary N) is 1. The van der Waals surface area contributed by atoms with Crippen molar-refractivity contribution in [3.8, 4) is 0 Å². The van der Waals surface area contributed by atoms with Crippen molar-refractivity contribution in [1.82, 2.24) is 15.1 Å². The SMILES string of the molecule is Cc1cc(C(=O)O)n(CCC[C@@H]2CNCCO[C@H]2c2ccc(Cl)c(Cl)c2)n1.Cl. The van der Waals surface area contributed by atoms with Crippen LogP contribution >= 0.6 is 35.6 Å². The zero-order valence-corrected chi connectivity index (χ0v) is 17.9. The summed E-state index contributed by atoms with van der Waals surface area (Å²) in [5.41, 5.74) is 1.95. The van der Waals surface area contributed by atoms with E-state index in [9.17, 15) is 9.90 Å². The molecule has 0 bridgehead atoms. The van der Waals surface area contributed by atoms with Gasteiger partial charge in [0.05, 0.1) is 28.5 Å². The van der Waals surface area contributed by atoms with Crippen LogP contribution in [0.1, 0.15) is 40.7 Å². The lowest BCUT2D eigenvalue weighted by molar-refractivity contribution is 0.0270. The van der Waals surface area contributed by atoms with E-state index >= 15 is 0 Å². The van der Waals surface area contributed by atoms with Crippen LogP contribution in [0, 0.1) is 12.8 Å². The number of hydrogen-bond donors (Lipinski definition) is 2. The maximum absolute atomic E-state index is 11.3. The first kappa shape index (κ1) is 23.0. The quantitative estimate of drug-likeness (QED) is 0.686. The first-order chi connectivity index (χ1) is 13.0. The molecule has 2 heterocycles. The number of rotatable bonds is 6. The van der Waals surface area contributed by atoms with Crippen LogP contribution in [0.3, 0.4) is 0 Å². The number of carbonyl (C=O) groups is 1. The van der Waals surface area contributed by atoms with Crippen LogP contribution in [-0.2, 0) is 11.3 Å². The molecule has 2 aromatic rings. The molecule has 0 spiro atoms. The van der Waals surface area contributed by atoms with Crippen LogP contribution in [-0.4, -0.2) is 40.6 Å². The number of aromatic nitrogens is 2. The number of hydrogen-bond acceptors (Lipinski definition) is 4. The van der Waals surface area contributed by atoms with Crippen LogP contribution in [0.2, 0.25) is 10.0 Å². The number of aromatic carboxylic acids is 1. The largest absolute Gasteiger partial charge is 0.477 e. The first-order valence-corrected chi connectivity index (χ1v) is 9.76. The highest BCUT2D eigenvalue weighted by Crippen LogP contribution is 2.34. The van der Waals surface area contributed by atoms with Crippen LogP contribution < -0.4 is 5.32 Å².